The number of sulfonamides is 1. The first-order valence-electron chi connectivity index (χ1n) is 9.49. The Morgan fingerprint density at radius 2 is 1.67 bits per heavy atom. The third-order valence-electron chi connectivity index (χ3n) is 5.05. The van der Waals surface area contributed by atoms with E-state index in [1.54, 1.807) is 23.5 Å². The SMILES string of the molecule is Cc1cc(C)cc(-c2csc(N3CCN(S(=O)(=O)c4cccc(Cl)c4Cl)CC3)n2)c1. The van der Waals surface area contributed by atoms with Crippen molar-refractivity contribution in [2.75, 3.05) is 31.1 Å². The molecule has 1 aliphatic heterocycles. The lowest BCUT2D eigenvalue weighted by molar-refractivity contribution is 0.385. The number of hydrogen-bond donors (Lipinski definition) is 0. The number of aryl methyl sites for hydroxylation is 2. The molecule has 158 valence electrons. The van der Waals surface area contributed by atoms with Crippen molar-refractivity contribution in [1.29, 1.82) is 0 Å². The molecule has 1 aromatic heterocycles. The summed E-state index contributed by atoms with van der Waals surface area (Å²) in [4.78, 5) is 6.98. The number of halogens is 2. The fourth-order valence-electron chi connectivity index (χ4n) is 3.61. The zero-order chi connectivity index (χ0) is 21.5. The van der Waals surface area contributed by atoms with Gasteiger partial charge in [-0.3, -0.25) is 0 Å². The van der Waals surface area contributed by atoms with Crippen LogP contribution in [0.25, 0.3) is 11.3 Å². The number of aromatic nitrogens is 1. The van der Waals surface area contributed by atoms with Crippen molar-refractivity contribution >= 4 is 49.7 Å². The molecule has 2 aromatic carbocycles. The van der Waals surface area contributed by atoms with Crippen molar-refractivity contribution in [2.45, 2.75) is 18.7 Å². The molecule has 0 bridgehead atoms. The van der Waals surface area contributed by atoms with Gasteiger partial charge in [-0.05, 0) is 38.1 Å². The van der Waals surface area contributed by atoms with Crippen molar-refractivity contribution in [3.05, 3.63) is 63.0 Å². The molecule has 1 aliphatic rings. The molecule has 1 fully saturated rings. The topological polar surface area (TPSA) is 53.5 Å². The van der Waals surface area contributed by atoms with Crippen molar-refractivity contribution < 1.29 is 8.42 Å². The summed E-state index contributed by atoms with van der Waals surface area (Å²) < 4.78 is 27.5. The Kier molecular flexibility index (Phi) is 6.10. The van der Waals surface area contributed by atoms with Crippen LogP contribution >= 0.6 is 34.5 Å². The van der Waals surface area contributed by atoms with Crippen LogP contribution in [0.2, 0.25) is 10.0 Å². The molecule has 0 saturated carbocycles. The Bertz CT molecular complexity index is 1170. The second kappa shape index (κ2) is 8.48. The molecule has 2 heterocycles. The molecule has 0 aliphatic carbocycles. The van der Waals surface area contributed by atoms with Crippen LogP contribution in [-0.4, -0.2) is 43.9 Å². The second-order valence-corrected chi connectivity index (χ2v) is 10.9. The van der Waals surface area contributed by atoms with Gasteiger partial charge in [-0.25, -0.2) is 13.4 Å². The highest BCUT2D eigenvalue weighted by Crippen LogP contribution is 2.33. The van der Waals surface area contributed by atoms with Crippen LogP contribution in [0.15, 0.2) is 46.7 Å². The number of benzene rings is 2. The summed E-state index contributed by atoms with van der Waals surface area (Å²) >= 11 is 13.7. The molecule has 9 heteroatoms. The minimum Gasteiger partial charge on any atom is -0.345 e. The summed E-state index contributed by atoms with van der Waals surface area (Å²) in [5.74, 6) is 0. The first-order chi connectivity index (χ1) is 14.3. The molecule has 0 unspecified atom stereocenters. The molecule has 0 amide bonds. The molecule has 0 N–H and O–H groups in total. The normalized spacial score (nSPS) is 15.5. The van der Waals surface area contributed by atoms with Gasteiger partial charge in [0.2, 0.25) is 10.0 Å². The van der Waals surface area contributed by atoms with Crippen molar-refractivity contribution in [2.24, 2.45) is 0 Å². The maximum atomic E-state index is 13.0. The van der Waals surface area contributed by atoms with E-state index in [0.717, 1.165) is 16.4 Å². The minimum atomic E-state index is -3.69. The van der Waals surface area contributed by atoms with Gasteiger partial charge in [0.25, 0.3) is 0 Å². The summed E-state index contributed by atoms with van der Waals surface area (Å²) in [6.07, 6.45) is 0. The van der Waals surface area contributed by atoms with E-state index < -0.39 is 10.0 Å². The van der Waals surface area contributed by atoms with Gasteiger partial charge in [0.05, 0.1) is 15.7 Å². The Labute approximate surface area is 190 Å². The quantitative estimate of drug-likeness (QED) is 0.510. The molecule has 1 saturated heterocycles. The molecule has 0 atom stereocenters. The predicted molar refractivity (Wildman–Crippen MR) is 124 cm³/mol. The zero-order valence-electron chi connectivity index (χ0n) is 16.6. The number of rotatable bonds is 4. The van der Waals surface area contributed by atoms with Gasteiger partial charge in [0.1, 0.15) is 4.90 Å². The molecule has 4 rings (SSSR count). The van der Waals surface area contributed by atoms with E-state index in [4.69, 9.17) is 28.2 Å². The molecule has 3 aromatic rings. The third kappa shape index (κ3) is 4.22. The van der Waals surface area contributed by atoms with Gasteiger partial charge in [-0.1, -0.05) is 46.5 Å². The van der Waals surface area contributed by atoms with E-state index in [0.29, 0.717) is 26.2 Å². The van der Waals surface area contributed by atoms with Crippen molar-refractivity contribution in [3.63, 3.8) is 0 Å². The molecule has 5 nitrogen and oxygen atoms in total. The summed E-state index contributed by atoms with van der Waals surface area (Å²) in [6, 6.07) is 11.1. The average Bonchev–Trinajstić information content (AvgIpc) is 3.20. The van der Waals surface area contributed by atoms with Crippen LogP contribution in [0.5, 0.6) is 0 Å². The van der Waals surface area contributed by atoms with Gasteiger partial charge < -0.3 is 4.90 Å². The fraction of sp³-hybridized carbons (Fsp3) is 0.286. The minimum absolute atomic E-state index is 0.0523. The van der Waals surface area contributed by atoms with E-state index in [9.17, 15) is 8.42 Å². The van der Waals surface area contributed by atoms with Crippen molar-refractivity contribution in [3.8, 4) is 11.3 Å². The smallest absolute Gasteiger partial charge is 0.244 e. The van der Waals surface area contributed by atoms with Crippen LogP contribution in [0.3, 0.4) is 0 Å². The highest BCUT2D eigenvalue weighted by molar-refractivity contribution is 7.89. The lowest BCUT2D eigenvalue weighted by atomic mass is 10.1. The number of nitrogens with zero attached hydrogens (tertiary/aromatic N) is 3. The highest BCUT2D eigenvalue weighted by Gasteiger charge is 2.31. The van der Waals surface area contributed by atoms with E-state index in [1.807, 2.05) is 0 Å². The van der Waals surface area contributed by atoms with Gasteiger partial charge >= 0.3 is 0 Å². The summed E-state index contributed by atoms with van der Waals surface area (Å²) in [5, 5.41) is 3.26. The molecule has 0 spiro atoms. The largest absolute Gasteiger partial charge is 0.345 e. The predicted octanol–water partition coefficient (Wildman–Crippen LogP) is 5.24. The van der Waals surface area contributed by atoms with Crippen LogP contribution in [0.1, 0.15) is 11.1 Å². The lowest BCUT2D eigenvalue weighted by Gasteiger charge is -2.34. The summed E-state index contributed by atoms with van der Waals surface area (Å²) in [5.41, 5.74) is 4.46. The zero-order valence-corrected chi connectivity index (χ0v) is 19.7. The first-order valence-corrected chi connectivity index (χ1v) is 12.6. The summed E-state index contributed by atoms with van der Waals surface area (Å²) in [7, 11) is -3.69. The van der Waals surface area contributed by atoms with E-state index in [-0.39, 0.29) is 14.9 Å². The monoisotopic (exact) mass is 481 g/mol. The number of piperazine rings is 1. The average molecular weight is 482 g/mol. The maximum absolute atomic E-state index is 13.0. The van der Waals surface area contributed by atoms with Gasteiger partial charge in [-0.15, -0.1) is 11.3 Å². The number of anilines is 1. The Balaban J connectivity index is 1.49. The van der Waals surface area contributed by atoms with E-state index in [1.165, 1.54) is 21.5 Å². The number of thiazole rings is 1. The number of hydrogen-bond acceptors (Lipinski definition) is 5. The molecule has 30 heavy (non-hydrogen) atoms. The Hall–Kier alpha value is -1.64. The van der Waals surface area contributed by atoms with Crippen LogP contribution in [-0.2, 0) is 10.0 Å². The standard InChI is InChI=1S/C21H21Cl2N3O2S2/c1-14-10-15(2)12-16(11-14)18-13-29-21(24-18)25-6-8-26(9-7-25)30(27,28)19-5-3-4-17(22)20(19)23/h3-5,10-13H,6-9H2,1-2H3. The first kappa shape index (κ1) is 21.6. The molecular formula is C21H21Cl2N3O2S2. The van der Waals surface area contributed by atoms with Gasteiger partial charge in [-0.2, -0.15) is 4.31 Å². The maximum Gasteiger partial charge on any atom is 0.244 e. The van der Waals surface area contributed by atoms with Gasteiger partial charge in [0, 0.05) is 37.1 Å². The Morgan fingerprint density at radius 3 is 2.33 bits per heavy atom. The Morgan fingerprint density at radius 1 is 1.00 bits per heavy atom. The third-order valence-corrected chi connectivity index (χ3v) is 8.83. The molecular weight excluding hydrogens is 461 g/mol. The highest BCUT2D eigenvalue weighted by atomic mass is 35.5. The van der Waals surface area contributed by atoms with E-state index in [2.05, 4.69) is 42.3 Å². The second-order valence-electron chi connectivity index (χ2n) is 7.33. The van der Waals surface area contributed by atoms with E-state index >= 15 is 0 Å². The van der Waals surface area contributed by atoms with Crippen LogP contribution in [0.4, 0.5) is 5.13 Å². The van der Waals surface area contributed by atoms with Gasteiger partial charge in [0.15, 0.2) is 5.13 Å². The van der Waals surface area contributed by atoms with Crippen molar-refractivity contribution in [1.82, 2.24) is 9.29 Å². The lowest BCUT2D eigenvalue weighted by Crippen LogP contribution is -2.48. The van der Waals surface area contributed by atoms with Crippen LogP contribution < -0.4 is 4.90 Å². The fourth-order valence-corrected chi connectivity index (χ4v) is 6.65. The summed E-state index contributed by atoms with van der Waals surface area (Å²) in [6.45, 7) is 6.02. The molecule has 0 radical (unpaired) electrons. The van der Waals surface area contributed by atoms with Crippen LogP contribution in [0, 0.1) is 13.8 Å².